The zero-order chi connectivity index (χ0) is 20.8. The Morgan fingerprint density at radius 1 is 1.34 bits per heavy atom. The van der Waals surface area contributed by atoms with E-state index >= 15 is 0 Å². The van der Waals surface area contributed by atoms with Crippen LogP contribution in [0.3, 0.4) is 0 Å². The van der Waals surface area contributed by atoms with E-state index in [2.05, 4.69) is 20.3 Å². The highest BCUT2D eigenvalue weighted by Gasteiger charge is 2.42. The molecule has 0 saturated heterocycles. The lowest BCUT2D eigenvalue weighted by atomic mass is 9.72. The van der Waals surface area contributed by atoms with Crippen LogP contribution < -0.4 is 10.9 Å². The van der Waals surface area contributed by atoms with Crippen LogP contribution in [0.15, 0.2) is 9.79 Å². The highest BCUT2D eigenvalue weighted by molar-refractivity contribution is 5.84. The Hall–Kier alpha value is -2.16. The van der Waals surface area contributed by atoms with Gasteiger partial charge < -0.3 is 15.4 Å². The molecule has 3 aliphatic rings. The average Bonchev–Trinajstić information content (AvgIpc) is 3.03. The van der Waals surface area contributed by atoms with Gasteiger partial charge in [0.2, 0.25) is 11.8 Å². The van der Waals surface area contributed by atoms with E-state index in [0.29, 0.717) is 36.3 Å². The molecule has 0 spiro atoms. The third-order valence-corrected chi connectivity index (χ3v) is 6.39. The van der Waals surface area contributed by atoms with Gasteiger partial charge in [0, 0.05) is 37.4 Å². The van der Waals surface area contributed by atoms with Gasteiger partial charge in [0.25, 0.3) is 5.56 Å². The second-order valence-electron chi connectivity index (χ2n) is 8.55. The summed E-state index contributed by atoms with van der Waals surface area (Å²) in [5.41, 5.74) is 0.645. The van der Waals surface area contributed by atoms with Gasteiger partial charge in [-0.15, -0.1) is 0 Å². The van der Waals surface area contributed by atoms with E-state index in [0.717, 1.165) is 6.42 Å². The van der Waals surface area contributed by atoms with Crippen molar-refractivity contribution in [2.24, 2.45) is 16.8 Å². The molecule has 158 valence electrons. The summed E-state index contributed by atoms with van der Waals surface area (Å²) in [6.45, 7) is 1.78. The topological polar surface area (TPSA) is 107 Å². The third-order valence-electron chi connectivity index (χ3n) is 6.39. The number of aliphatic hydroxyl groups is 1. The summed E-state index contributed by atoms with van der Waals surface area (Å²) in [5, 5.41) is 12.1. The van der Waals surface area contributed by atoms with Gasteiger partial charge in [0.15, 0.2) is 0 Å². The second-order valence-corrected chi connectivity index (χ2v) is 8.55. The molecule has 2 fully saturated rings. The van der Waals surface area contributed by atoms with E-state index in [1.54, 1.807) is 6.92 Å². The Balaban J connectivity index is 1.52. The highest BCUT2D eigenvalue weighted by Crippen LogP contribution is 2.45. The number of hydrogen-bond donors (Lipinski definition) is 3. The molecule has 1 aromatic heterocycles. The fourth-order valence-corrected chi connectivity index (χ4v) is 4.51. The number of fused-ring (bicyclic) bond motifs is 1. The summed E-state index contributed by atoms with van der Waals surface area (Å²) >= 11 is 0. The monoisotopic (exact) mass is 408 g/mol. The number of alkyl halides is 2. The van der Waals surface area contributed by atoms with Crippen molar-refractivity contribution in [3.63, 3.8) is 0 Å². The van der Waals surface area contributed by atoms with Crippen LogP contribution in [0, 0.1) is 11.8 Å². The lowest BCUT2D eigenvalue weighted by Gasteiger charge is -2.35. The largest absolute Gasteiger partial charge is 0.392 e. The molecule has 2 unspecified atom stereocenters. The molecule has 29 heavy (non-hydrogen) atoms. The number of hydrogen-bond acceptors (Lipinski definition) is 5. The summed E-state index contributed by atoms with van der Waals surface area (Å²) in [5.74, 6) is -2.86. The molecular formula is C20H26F2N4O3. The number of nitrogens with one attached hydrogen (secondary N) is 2. The number of aromatic nitrogens is 2. The number of amides is 1. The van der Waals surface area contributed by atoms with Crippen molar-refractivity contribution in [3.05, 3.63) is 27.4 Å². The lowest BCUT2D eigenvalue weighted by molar-refractivity contribution is -0.128. The van der Waals surface area contributed by atoms with Gasteiger partial charge in [-0.05, 0) is 38.5 Å². The van der Waals surface area contributed by atoms with Crippen LogP contribution in [-0.2, 0) is 4.79 Å². The van der Waals surface area contributed by atoms with Gasteiger partial charge in [-0.3, -0.25) is 14.6 Å². The van der Waals surface area contributed by atoms with E-state index in [4.69, 9.17) is 0 Å². The SMILES string of the molecule is CC(O)CNC(=O)[C@@H]1CC[C@H]1c1nc2c(c(=O)[nH]1)C=NC2C1CCC(F)(F)CC1. The quantitative estimate of drug-likeness (QED) is 0.693. The minimum Gasteiger partial charge on any atom is -0.392 e. The van der Waals surface area contributed by atoms with Gasteiger partial charge >= 0.3 is 0 Å². The maximum Gasteiger partial charge on any atom is 0.260 e. The molecule has 3 N–H and O–H groups in total. The summed E-state index contributed by atoms with van der Waals surface area (Å²) in [6, 6.07) is -0.371. The summed E-state index contributed by atoms with van der Waals surface area (Å²) in [7, 11) is 0. The van der Waals surface area contributed by atoms with Crippen molar-refractivity contribution in [2.45, 2.75) is 69.4 Å². The number of halogens is 2. The van der Waals surface area contributed by atoms with Crippen LogP contribution in [0.2, 0.25) is 0 Å². The second kappa shape index (κ2) is 7.59. The highest BCUT2D eigenvalue weighted by atomic mass is 19.3. The fourth-order valence-electron chi connectivity index (χ4n) is 4.51. The molecule has 0 radical (unpaired) electrons. The van der Waals surface area contributed by atoms with Crippen LogP contribution in [0.5, 0.6) is 0 Å². The Bertz CT molecular complexity index is 873. The Kier molecular flexibility index (Phi) is 5.27. The van der Waals surface area contributed by atoms with Crippen molar-refractivity contribution >= 4 is 12.1 Å². The lowest BCUT2D eigenvalue weighted by Crippen LogP contribution is -2.43. The van der Waals surface area contributed by atoms with Crippen molar-refractivity contribution in [2.75, 3.05) is 6.54 Å². The number of nitrogens with zero attached hydrogens (tertiary/aromatic N) is 2. The molecule has 7 nitrogen and oxygen atoms in total. The summed E-state index contributed by atoms with van der Waals surface area (Å²) in [4.78, 5) is 36.8. The van der Waals surface area contributed by atoms with Gasteiger partial charge in [-0.25, -0.2) is 13.8 Å². The number of carbonyl (C=O) groups is 1. The molecule has 2 saturated carbocycles. The molecule has 4 atom stereocenters. The number of aromatic amines is 1. The first-order valence-electron chi connectivity index (χ1n) is 10.3. The molecule has 1 aliphatic heterocycles. The van der Waals surface area contributed by atoms with Gasteiger partial charge in [0.05, 0.1) is 23.4 Å². The predicted octanol–water partition coefficient (Wildman–Crippen LogP) is 2.06. The molecule has 4 rings (SSSR count). The summed E-state index contributed by atoms with van der Waals surface area (Å²) < 4.78 is 27.0. The Labute approximate surface area is 167 Å². The standard InChI is InChI=1S/C20H26F2N4O3/c1-10(27)8-24-18(28)13-3-2-12(13)17-25-16-14(19(29)26-17)9-23-15(16)11-4-6-20(21,22)7-5-11/h9-13,15,27H,2-8H2,1H3,(H,24,28)(H,25,26,29)/t10?,12-,13-,15?/m1/s1. The van der Waals surface area contributed by atoms with Crippen LogP contribution in [0.4, 0.5) is 8.78 Å². The maximum absolute atomic E-state index is 13.5. The fraction of sp³-hybridized carbons (Fsp3) is 0.700. The third kappa shape index (κ3) is 3.97. The first-order chi connectivity index (χ1) is 13.7. The van der Waals surface area contributed by atoms with Gasteiger partial charge in [0.1, 0.15) is 5.82 Å². The zero-order valence-electron chi connectivity index (χ0n) is 16.3. The molecule has 1 aromatic rings. The molecular weight excluding hydrogens is 382 g/mol. The molecule has 1 amide bonds. The number of aliphatic hydroxyl groups excluding tert-OH is 1. The van der Waals surface area contributed by atoms with E-state index < -0.39 is 12.0 Å². The molecule has 2 heterocycles. The normalized spacial score (nSPS) is 29.2. The molecule has 0 bridgehead atoms. The van der Waals surface area contributed by atoms with E-state index in [1.807, 2.05) is 0 Å². The summed E-state index contributed by atoms with van der Waals surface area (Å²) in [6.07, 6.45) is 2.67. The first kappa shape index (κ1) is 20.1. The Morgan fingerprint density at radius 2 is 2.07 bits per heavy atom. The van der Waals surface area contributed by atoms with Crippen molar-refractivity contribution < 1.29 is 18.7 Å². The van der Waals surface area contributed by atoms with Crippen LogP contribution in [0.1, 0.15) is 74.5 Å². The Morgan fingerprint density at radius 3 is 2.69 bits per heavy atom. The average molecular weight is 408 g/mol. The van der Waals surface area contributed by atoms with Crippen molar-refractivity contribution in [1.29, 1.82) is 0 Å². The van der Waals surface area contributed by atoms with Crippen molar-refractivity contribution in [3.8, 4) is 0 Å². The van der Waals surface area contributed by atoms with Crippen LogP contribution >= 0.6 is 0 Å². The molecule has 2 aliphatic carbocycles. The van der Waals surface area contributed by atoms with E-state index in [1.165, 1.54) is 6.21 Å². The first-order valence-corrected chi connectivity index (χ1v) is 10.3. The van der Waals surface area contributed by atoms with Crippen LogP contribution in [-0.4, -0.2) is 45.8 Å². The number of H-pyrrole nitrogens is 1. The number of rotatable bonds is 5. The molecule has 9 heteroatoms. The van der Waals surface area contributed by atoms with E-state index in [-0.39, 0.29) is 54.6 Å². The van der Waals surface area contributed by atoms with Gasteiger partial charge in [-0.2, -0.15) is 0 Å². The smallest absolute Gasteiger partial charge is 0.260 e. The number of carbonyl (C=O) groups excluding carboxylic acids is 1. The van der Waals surface area contributed by atoms with Crippen molar-refractivity contribution in [1.82, 2.24) is 15.3 Å². The predicted molar refractivity (Wildman–Crippen MR) is 102 cm³/mol. The van der Waals surface area contributed by atoms with E-state index in [9.17, 15) is 23.5 Å². The molecule has 0 aromatic carbocycles. The zero-order valence-corrected chi connectivity index (χ0v) is 16.3. The van der Waals surface area contributed by atoms with Crippen LogP contribution in [0.25, 0.3) is 0 Å². The minimum atomic E-state index is -2.62. The van der Waals surface area contributed by atoms with Gasteiger partial charge in [-0.1, -0.05) is 0 Å². The minimum absolute atomic E-state index is 0.0548. The number of aliphatic imine (C=N–C) groups is 1. The maximum atomic E-state index is 13.5.